The number of hydrogen-bond donors (Lipinski definition) is 3. The molecule has 0 saturated heterocycles. The second-order valence-corrected chi connectivity index (χ2v) is 12.5. The summed E-state index contributed by atoms with van der Waals surface area (Å²) in [5.74, 6) is -1.00. The predicted molar refractivity (Wildman–Crippen MR) is 208 cm³/mol. The zero-order chi connectivity index (χ0) is 34.3. The molecule has 2 aliphatic rings. The van der Waals surface area contributed by atoms with Gasteiger partial charge in [-0.05, 0) is 71.3 Å². The SMILES string of the molecule is O=C(O)c1ccccc1-c1c2nc(c(-c3ccccc3)c3ccc([nH]3)c(-c3ccccc3)c3nc(c(-c4ccccc4)c4ccc1[nH]4)C=C3)C=C2. The molecule has 5 heterocycles. The van der Waals surface area contributed by atoms with E-state index in [1.165, 1.54) is 0 Å². The number of nitrogens with zero attached hydrogens (tertiary/aromatic N) is 2. The number of rotatable bonds is 5. The van der Waals surface area contributed by atoms with Crippen LogP contribution in [0.5, 0.6) is 0 Å². The highest BCUT2D eigenvalue weighted by Gasteiger charge is 2.21. The molecule has 6 heteroatoms. The van der Waals surface area contributed by atoms with Crippen molar-refractivity contribution in [3.8, 4) is 44.5 Å². The van der Waals surface area contributed by atoms with Crippen molar-refractivity contribution in [2.45, 2.75) is 0 Å². The largest absolute Gasteiger partial charge is 0.478 e. The van der Waals surface area contributed by atoms with E-state index >= 15 is 0 Å². The molecule has 51 heavy (non-hydrogen) atoms. The third kappa shape index (κ3) is 5.36. The fourth-order valence-corrected chi connectivity index (χ4v) is 7.10. The summed E-state index contributed by atoms with van der Waals surface area (Å²) in [6, 6.07) is 46.1. The van der Waals surface area contributed by atoms with E-state index in [9.17, 15) is 9.90 Å². The van der Waals surface area contributed by atoms with Crippen LogP contribution in [0.15, 0.2) is 140 Å². The predicted octanol–water partition coefficient (Wildman–Crippen LogP) is 11.0. The fraction of sp³-hybridized carbons (Fsp3) is 0. The van der Waals surface area contributed by atoms with E-state index < -0.39 is 5.97 Å². The smallest absolute Gasteiger partial charge is 0.336 e. The van der Waals surface area contributed by atoms with Gasteiger partial charge in [-0.1, -0.05) is 109 Å². The Hall–Kier alpha value is -7.05. The van der Waals surface area contributed by atoms with Crippen molar-refractivity contribution >= 4 is 52.3 Å². The van der Waals surface area contributed by atoms with Crippen LogP contribution in [0.1, 0.15) is 33.1 Å². The van der Waals surface area contributed by atoms with Gasteiger partial charge in [-0.25, -0.2) is 14.8 Å². The molecule has 4 aromatic carbocycles. The molecule has 0 aliphatic carbocycles. The normalized spacial score (nSPS) is 11.9. The molecule has 6 nitrogen and oxygen atoms in total. The van der Waals surface area contributed by atoms with Crippen LogP contribution in [-0.4, -0.2) is 31.0 Å². The molecule has 0 radical (unpaired) electrons. The second-order valence-electron chi connectivity index (χ2n) is 12.5. The summed E-state index contributed by atoms with van der Waals surface area (Å²) < 4.78 is 0. The molecule has 0 amide bonds. The first-order chi connectivity index (χ1) is 25.1. The van der Waals surface area contributed by atoms with Gasteiger partial charge >= 0.3 is 5.97 Å². The Morgan fingerprint density at radius 3 is 1.14 bits per heavy atom. The van der Waals surface area contributed by atoms with E-state index in [1.54, 1.807) is 12.1 Å². The maximum Gasteiger partial charge on any atom is 0.336 e. The van der Waals surface area contributed by atoms with E-state index in [0.717, 1.165) is 72.5 Å². The number of fused-ring (bicyclic) bond motifs is 8. The van der Waals surface area contributed by atoms with Gasteiger partial charge in [0.1, 0.15) is 0 Å². The van der Waals surface area contributed by atoms with Gasteiger partial charge in [0.05, 0.1) is 28.3 Å². The van der Waals surface area contributed by atoms with Crippen molar-refractivity contribution in [1.29, 1.82) is 0 Å². The van der Waals surface area contributed by atoms with Crippen molar-refractivity contribution < 1.29 is 9.90 Å². The number of aromatic amines is 2. The number of carbonyl (C=O) groups is 1. The summed E-state index contributed by atoms with van der Waals surface area (Å²) in [5, 5.41) is 10.3. The first-order valence-corrected chi connectivity index (χ1v) is 16.8. The number of carboxylic acids is 1. The molecule has 0 spiro atoms. The molecule has 7 aromatic rings. The Morgan fingerprint density at radius 1 is 0.412 bits per heavy atom. The average molecular weight is 659 g/mol. The van der Waals surface area contributed by atoms with Crippen LogP contribution < -0.4 is 0 Å². The summed E-state index contributed by atoms with van der Waals surface area (Å²) in [6.45, 7) is 0. The minimum atomic E-state index is -1.00. The van der Waals surface area contributed by atoms with Crippen molar-refractivity contribution in [2.75, 3.05) is 0 Å². The molecule has 3 N–H and O–H groups in total. The van der Waals surface area contributed by atoms with E-state index in [2.05, 4.69) is 70.7 Å². The molecule has 0 unspecified atom stereocenters. The highest BCUT2D eigenvalue weighted by atomic mass is 16.4. The number of benzene rings is 4. The molecular weight excluding hydrogens is 629 g/mol. The number of aromatic nitrogens is 4. The van der Waals surface area contributed by atoms with Gasteiger partial charge in [-0.15, -0.1) is 0 Å². The Bertz CT molecular complexity index is 2670. The molecular formula is C45H30N4O2. The van der Waals surface area contributed by atoms with Crippen LogP contribution in [0, 0.1) is 0 Å². The van der Waals surface area contributed by atoms with Crippen molar-refractivity contribution in [1.82, 2.24) is 19.9 Å². The van der Waals surface area contributed by atoms with Gasteiger partial charge in [0, 0.05) is 49.9 Å². The van der Waals surface area contributed by atoms with Crippen molar-refractivity contribution in [2.24, 2.45) is 0 Å². The summed E-state index contributed by atoms with van der Waals surface area (Å²) in [6.07, 6.45) is 8.13. The van der Waals surface area contributed by atoms with Crippen LogP contribution in [0.4, 0.5) is 0 Å². The number of hydrogen-bond acceptors (Lipinski definition) is 3. The minimum absolute atomic E-state index is 0.197. The third-order valence-electron chi connectivity index (χ3n) is 9.37. The fourth-order valence-electron chi connectivity index (χ4n) is 7.10. The maximum absolute atomic E-state index is 12.6. The summed E-state index contributed by atoms with van der Waals surface area (Å²) in [4.78, 5) is 30.6. The molecule has 3 aromatic heterocycles. The van der Waals surface area contributed by atoms with Gasteiger partial charge in [0.25, 0.3) is 0 Å². The first kappa shape index (κ1) is 30.0. The number of carboxylic acid groups (broad SMARTS) is 1. The van der Waals surface area contributed by atoms with Crippen LogP contribution in [0.2, 0.25) is 0 Å². The van der Waals surface area contributed by atoms with E-state index in [4.69, 9.17) is 9.97 Å². The monoisotopic (exact) mass is 658 g/mol. The number of nitrogens with one attached hydrogen (secondary N) is 2. The number of H-pyrrole nitrogens is 2. The van der Waals surface area contributed by atoms with E-state index in [0.29, 0.717) is 16.8 Å². The summed E-state index contributed by atoms with van der Waals surface area (Å²) in [5.41, 5.74) is 13.9. The second kappa shape index (κ2) is 12.4. The van der Waals surface area contributed by atoms with Gasteiger partial charge < -0.3 is 15.1 Å². The topological polar surface area (TPSA) is 94.7 Å². The standard InChI is InChI=1S/C45H30N4O2/c50-45(51)32-19-11-10-18-31(32)44-39-26-24-37(48-39)42(29-14-6-2-7-15-29)35-22-20-33(46-35)41(28-12-4-1-5-13-28)34-21-23-36(47-34)43(30-16-8-3-9-17-30)38-25-27-40(44)49-38/h1-27,46,49H,(H,50,51). The van der Waals surface area contributed by atoms with Crippen LogP contribution in [0.25, 0.3) is 90.9 Å². The zero-order valence-electron chi connectivity index (χ0n) is 27.3. The highest BCUT2D eigenvalue weighted by molar-refractivity contribution is 6.03. The molecule has 0 saturated carbocycles. The molecule has 0 fully saturated rings. The Balaban J connectivity index is 1.49. The Morgan fingerprint density at radius 2 is 0.745 bits per heavy atom. The lowest BCUT2D eigenvalue weighted by Crippen LogP contribution is -2.00. The van der Waals surface area contributed by atoms with Crippen LogP contribution >= 0.6 is 0 Å². The van der Waals surface area contributed by atoms with Gasteiger partial charge in [-0.3, -0.25) is 0 Å². The minimum Gasteiger partial charge on any atom is -0.478 e. The quantitative estimate of drug-likeness (QED) is 0.171. The van der Waals surface area contributed by atoms with E-state index in [-0.39, 0.29) is 5.56 Å². The van der Waals surface area contributed by atoms with Crippen molar-refractivity contribution in [3.63, 3.8) is 0 Å². The molecule has 9 rings (SSSR count). The number of aromatic carboxylic acids is 1. The van der Waals surface area contributed by atoms with E-state index in [1.807, 2.05) is 91.0 Å². The summed E-state index contributed by atoms with van der Waals surface area (Å²) in [7, 11) is 0. The lowest BCUT2D eigenvalue weighted by Gasteiger charge is -2.08. The third-order valence-corrected chi connectivity index (χ3v) is 9.37. The average Bonchev–Trinajstić information content (AvgIpc) is 4.01. The Labute approximate surface area is 293 Å². The lowest BCUT2D eigenvalue weighted by atomic mass is 9.98. The highest BCUT2D eigenvalue weighted by Crippen LogP contribution is 2.38. The molecule has 8 bridgehead atoms. The van der Waals surface area contributed by atoms with Gasteiger partial charge in [-0.2, -0.15) is 0 Å². The molecule has 0 atom stereocenters. The van der Waals surface area contributed by atoms with Gasteiger partial charge in [0.2, 0.25) is 0 Å². The zero-order valence-corrected chi connectivity index (χ0v) is 27.3. The molecule has 242 valence electrons. The van der Waals surface area contributed by atoms with Crippen LogP contribution in [-0.2, 0) is 0 Å². The first-order valence-electron chi connectivity index (χ1n) is 16.8. The summed E-state index contributed by atoms with van der Waals surface area (Å²) >= 11 is 0. The maximum atomic E-state index is 12.6. The van der Waals surface area contributed by atoms with Crippen LogP contribution in [0.3, 0.4) is 0 Å². The molecule has 2 aliphatic heterocycles. The lowest BCUT2D eigenvalue weighted by molar-refractivity contribution is 0.0697. The van der Waals surface area contributed by atoms with Crippen molar-refractivity contribution in [3.05, 3.63) is 168 Å². The Kier molecular flexibility index (Phi) is 7.33. The van der Waals surface area contributed by atoms with Gasteiger partial charge in [0.15, 0.2) is 0 Å².